The van der Waals surface area contributed by atoms with Crippen molar-refractivity contribution in [1.82, 2.24) is 0 Å². The van der Waals surface area contributed by atoms with Gasteiger partial charge in [-0.3, -0.25) is 0 Å². The standard InChI is InChI=1S/C33H37F9O3/c1-29-16-15-25-24-12-11-23(44-20-21-7-3-2-4-8-21)19-22(24)9-5-10-26(25)27(29)13-14-28(29)43-17-6-18-45-30(31(34,35)36,32(37,38)39)33(40,41)42/h2-4,7-8,11-12,19,25-28H,5-6,9-10,13-18,20H2,1H3/t25-,26+,27+,28+,29+/m1/s1. The molecule has 0 aliphatic heterocycles. The number of alkyl halides is 9. The molecule has 5 atom stereocenters. The van der Waals surface area contributed by atoms with E-state index in [1.807, 2.05) is 36.4 Å². The second-order valence-electron chi connectivity index (χ2n) is 12.8. The van der Waals surface area contributed by atoms with Crippen molar-refractivity contribution in [2.24, 2.45) is 17.3 Å². The second kappa shape index (κ2) is 12.6. The highest BCUT2D eigenvalue weighted by Gasteiger charge is 2.85. The third-order valence-electron chi connectivity index (χ3n) is 10.2. The Bertz CT molecular complexity index is 1260. The van der Waals surface area contributed by atoms with Gasteiger partial charge in [0.05, 0.1) is 12.7 Å². The maximum atomic E-state index is 13.1. The van der Waals surface area contributed by atoms with Crippen molar-refractivity contribution in [3.05, 3.63) is 65.2 Å². The minimum atomic E-state index is -6.73. The molecule has 0 aromatic heterocycles. The fraction of sp³-hybridized carbons (Fsp3) is 0.636. The third kappa shape index (κ3) is 6.42. The zero-order valence-corrected chi connectivity index (χ0v) is 24.8. The number of benzene rings is 2. The van der Waals surface area contributed by atoms with Gasteiger partial charge in [-0.15, -0.1) is 0 Å². The molecular formula is C33H37F9O3. The molecule has 5 rings (SSSR count). The smallest absolute Gasteiger partial charge is 0.435 e. The first kappa shape index (κ1) is 33.9. The molecule has 3 aliphatic carbocycles. The number of rotatable bonds is 9. The Kier molecular flexibility index (Phi) is 9.50. The lowest BCUT2D eigenvalue weighted by molar-refractivity contribution is -0.457. The van der Waals surface area contributed by atoms with Gasteiger partial charge >= 0.3 is 24.1 Å². The summed E-state index contributed by atoms with van der Waals surface area (Å²) in [5.41, 5.74) is -2.80. The van der Waals surface area contributed by atoms with Crippen molar-refractivity contribution < 1.29 is 53.7 Å². The molecule has 2 aromatic rings. The topological polar surface area (TPSA) is 27.7 Å². The zero-order chi connectivity index (χ0) is 32.7. The lowest BCUT2D eigenvalue weighted by atomic mass is 9.58. The van der Waals surface area contributed by atoms with Gasteiger partial charge in [0.25, 0.3) is 0 Å². The number of aryl methyl sites for hydroxylation is 1. The number of halogens is 9. The molecule has 2 saturated carbocycles. The highest BCUT2D eigenvalue weighted by Crippen LogP contribution is 2.61. The van der Waals surface area contributed by atoms with Gasteiger partial charge in [-0.05, 0) is 103 Å². The van der Waals surface area contributed by atoms with E-state index in [-0.39, 0.29) is 18.1 Å². The molecule has 2 fully saturated rings. The summed E-state index contributed by atoms with van der Waals surface area (Å²) in [4.78, 5) is 0. The fourth-order valence-corrected chi connectivity index (χ4v) is 8.06. The minimum Gasteiger partial charge on any atom is -0.489 e. The summed E-state index contributed by atoms with van der Waals surface area (Å²) < 4.78 is 134. The largest absolute Gasteiger partial charge is 0.489 e. The Hall–Kier alpha value is -2.47. The van der Waals surface area contributed by atoms with Crippen LogP contribution in [0.15, 0.2) is 48.5 Å². The summed E-state index contributed by atoms with van der Waals surface area (Å²) in [7, 11) is 0. The van der Waals surface area contributed by atoms with Crippen LogP contribution in [-0.4, -0.2) is 43.4 Å². The summed E-state index contributed by atoms with van der Waals surface area (Å²) in [5, 5.41) is 0. The molecule has 2 aromatic carbocycles. The van der Waals surface area contributed by atoms with Crippen LogP contribution in [0.1, 0.15) is 74.5 Å². The van der Waals surface area contributed by atoms with Gasteiger partial charge < -0.3 is 14.2 Å². The molecule has 12 heteroatoms. The van der Waals surface area contributed by atoms with E-state index in [2.05, 4.69) is 23.8 Å². The number of fused-ring (bicyclic) bond motifs is 5. The van der Waals surface area contributed by atoms with Crippen molar-refractivity contribution in [3.63, 3.8) is 0 Å². The van der Waals surface area contributed by atoms with Crippen molar-refractivity contribution in [2.45, 2.75) is 101 Å². The van der Waals surface area contributed by atoms with Crippen molar-refractivity contribution >= 4 is 0 Å². The molecule has 45 heavy (non-hydrogen) atoms. The Morgan fingerprint density at radius 2 is 1.49 bits per heavy atom. The first-order valence-electron chi connectivity index (χ1n) is 15.3. The van der Waals surface area contributed by atoms with Gasteiger partial charge in [0.15, 0.2) is 0 Å². The molecule has 0 N–H and O–H groups in total. The SMILES string of the molecule is C[C@]12CC[C@@H]3c4ccc(OCc5ccccc5)cc4CCC[C@@H]3[C@@H]1CC[C@@H]2OCCCOC(C(F)(F)F)(C(F)(F)F)C(F)(F)F. The highest BCUT2D eigenvalue weighted by atomic mass is 19.4. The van der Waals surface area contributed by atoms with E-state index >= 15 is 0 Å². The highest BCUT2D eigenvalue weighted by molar-refractivity contribution is 5.40. The first-order chi connectivity index (χ1) is 21.1. The van der Waals surface area contributed by atoms with Gasteiger partial charge in [0.2, 0.25) is 0 Å². The summed E-state index contributed by atoms with van der Waals surface area (Å²) in [6, 6.07) is 16.3. The fourth-order valence-electron chi connectivity index (χ4n) is 8.06. The summed E-state index contributed by atoms with van der Waals surface area (Å²) in [6.07, 6.45) is -14.8. The molecule has 0 bridgehead atoms. The minimum absolute atomic E-state index is 0.251. The molecule has 0 heterocycles. The van der Waals surface area contributed by atoms with Crippen LogP contribution >= 0.6 is 0 Å². The molecular weight excluding hydrogens is 615 g/mol. The van der Waals surface area contributed by atoms with Crippen molar-refractivity contribution in [3.8, 4) is 5.75 Å². The number of hydrogen-bond donors (Lipinski definition) is 0. The predicted molar refractivity (Wildman–Crippen MR) is 148 cm³/mol. The average Bonchev–Trinajstić information content (AvgIpc) is 3.17. The molecule has 3 nitrogen and oxygen atoms in total. The molecule has 0 unspecified atom stereocenters. The Morgan fingerprint density at radius 1 is 0.800 bits per heavy atom. The van der Waals surface area contributed by atoms with Gasteiger partial charge in [0.1, 0.15) is 12.4 Å². The zero-order valence-electron chi connectivity index (χ0n) is 24.8. The normalized spacial score (nSPS) is 27.3. The van der Waals surface area contributed by atoms with Crippen LogP contribution in [0.2, 0.25) is 0 Å². The Balaban J connectivity index is 1.19. The quantitative estimate of drug-likeness (QED) is 0.200. The van der Waals surface area contributed by atoms with E-state index in [0.717, 1.165) is 49.8 Å². The van der Waals surface area contributed by atoms with E-state index in [0.29, 0.717) is 30.8 Å². The molecule has 0 spiro atoms. The van der Waals surface area contributed by atoms with Crippen molar-refractivity contribution in [1.29, 1.82) is 0 Å². The van der Waals surface area contributed by atoms with Crippen LogP contribution in [0.25, 0.3) is 0 Å². The summed E-state index contributed by atoms with van der Waals surface area (Å²) >= 11 is 0. The van der Waals surface area contributed by atoms with E-state index < -0.39 is 37.2 Å². The lowest BCUT2D eigenvalue weighted by Gasteiger charge is -2.48. The number of hydrogen-bond acceptors (Lipinski definition) is 3. The lowest BCUT2D eigenvalue weighted by Crippen LogP contribution is -2.67. The van der Waals surface area contributed by atoms with Gasteiger partial charge in [-0.25, -0.2) is 0 Å². The summed E-state index contributed by atoms with van der Waals surface area (Å²) in [5.74, 6) is 1.89. The van der Waals surface area contributed by atoms with Crippen LogP contribution in [0.5, 0.6) is 5.75 Å². The predicted octanol–water partition coefficient (Wildman–Crippen LogP) is 9.73. The van der Waals surface area contributed by atoms with Crippen LogP contribution in [0, 0.1) is 17.3 Å². The van der Waals surface area contributed by atoms with Gasteiger partial charge in [-0.2, -0.15) is 39.5 Å². The van der Waals surface area contributed by atoms with E-state index in [4.69, 9.17) is 9.47 Å². The van der Waals surface area contributed by atoms with E-state index in [1.54, 1.807) is 0 Å². The third-order valence-corrected chi connectivity index (χ3v) is 10.2. The number of ether oxygens (including phenoxy) is 3. The summed E-state index contributed by atoms with van der Waals surface area (Å²) in [6.45, 7) is 0.882. The Labute approximate surface area is 256 Å². The molecule has 0 amide bonds. The maximum absolute atomic E-state index is 13.1. The van der Waals surface area contributed by atoms with E-state index in [1.165, 1.54) is 11.1 Å². The molecule has 250 valence electrons. The monoisotopic (exact) mass is 652 g/mol. The second-order valence-corrected chi connectivity index (χ2v) is 12.8. The van der Waals surface area contributed by atoms with Crippen LogP contribution in [0.4, 0.5) is 39.5 Å². The van der Waals surface area contributed by atoms with Gasteiger partial charge in [0, 0.05) is 6.61 Å². The van der Waals surface area contributed by atoms with Crippen LogP contribution in [-0.2, 0) is 22.5 Å². The molecule has 3 aliphatic rings. The van der Waals surface area contributed by atoms with Crippen LogP contribution < -0.4 is 4.74 Å². The average molecular weight is 653 g/mol. The molecule has 0 saturated heterocycles. The van der Waals surface area contributed by atoms with E-state index in [9.17, 15) is 39.5 Å². The van der Waals surface area contributed by atoms with Gasteiger partial charge in [-0.1, -0.05) is 43.3 Å². The first-order valence-corrected chi connectivity index (χ1v) is 15.3. The van der Waals surface area contributed by atoms with Crippen molar-refractivity contribution in [2.75, 3.05) is 13.2 Å². The Morgan fingerprint density at radius 3 is 2.16 bits per heavy atom. The maximum Gasteiger partial charge on any atom is 0.435 e. The van der Waals surface area contributed by atoms with Crippen LogP contribution in [0.3, 0.4) is 0 Å². The molecule has 0 radical (unpaired) electrons.